The van der Waals surface area contributed by atoms with E-state index in [9.17, 15) is 13.6 Å². The van der Waals surface area contributed by atoms with Crippen LogP contribution in [0.25, 0.3) is 22.2 Å². The second kappa shape index (κ2) is 4.56. The minimum absolute atomic E-state index is 0.108. The lowest BCUT2D eigenvalue weighted by Crippen LogP contribution is -2.11. The van der Waals surface area contributed by atoms with Crippen LogP contribution in [-0.4, -0.2) is 4.98 Å². The van der Waals surface area contributed by atoms with Gasteiger partial charge in [-0.25, -0.2) is 8.78 Å². The highest BCUT2D eigenvalue weighted by molar-refractivity contribution is 5.83. The van der Waals surface area contributed by atoms with Gasteiger partial charge in [-0.15, -0.1) is 0 Å². The van der Waals surface area contributed by atoms with E-state index in [2.05, 4.69) is 4.98 Å². The molecule has 3 aromatic rings. The highest BCUT2D eigenvalue weighted by atomic mass is 19.1. The predicted octanol–water partition coefficient (Wildman–Crippen LogP) is 3.78. The molecule has 1 N–H and O–H groups in total. The number of benzene rings is 2. The average Bonchev–Trinajstić information content (AvgIpc) is 2.43. The Bertz CT molecular complexity index is 854. The van der Waals surface area contributed by atoms with Crippen LogP contribution in [0, 0.1) is 18.6 Å². The van der Waals surface area contributed by atoms with E-state index in [0.29, 0.717) is 11.3 Å². The first kappa shape index (κ1) is 12.5. The van der Waals surface area contributed by atoms with Crippen molar-refractivity contribution < 1.29 is 8.78 Å². The van der Waals surface area contributed by atoms with Crippen molar-refractivity contribution in [3.05, 3.63) is 69.9 Å². The summed E-state index contributed by atoms with van der Waals surface area (Å²) < 4.78 is 27.1. The molecule has 1 heterocycles. The molecule has 0 fully saturated rings. The molecule has 0 atom stereocenters. The summed E-state index contributed by atoms with van der Waals surface area (Å²) in [5.41, 5.74) is 1.53. The lowest BCUT2D eigenvalue weighted by atomic mass is 10.0. The number of aromatic amines is 1. The number of fused-ring (bicyclic) bond motifs is 1. The van der Waals surface area contributed by atoms with Gasteiger partial charge in [0.25, 0.3) is 0 Å². The predicted molar refractivity (Wildman–Crippen MR) is 74.7 cm³/mol. The van der Waals surface area contributed by atoms with Gasteiger partial charge in [-0.3, -0.25) is 4.79 Å². The van der Waals surface area contributed by atoms with E-state index in [0.717, 1.165) is 17.7 Å². The number of aromatic nitrogens is 1. The largest absolute Gasteiger partial charge is 0.354 e. The van der Waals surface area contributed by atoms with Crippen LogP contribution < -0.4 is 5.43 Å². The maximum Gasteiger partial charge on any atom is 0.195 e. The van der Waals surface area contributed by atoms with E-state index in [1.165, 1.54) is 0 Å². The molecule has 0 amide bonds. The van der Waals surface area contributed by atoms with E-state index >= 15 is 0 Å². The summed E-state index contributed by atoms with van der Waals surface area (Å²) in [5, 5.41) is -0.108. The molecule has 2 aromatic carbocycles. The summed E-state index contributed by atoms with van der Waals surface area (Å²) in [6.45, 7) is 1.63. The zero-order valence-electron chi connectivity index (χ0n) is 10.7. The molecule has 0 bridgehead atoms. The molecule has 100 valence electrons. The molecule has 1 aromatic heterocycles. The molecule has 0 aliphatic heterocycles. The van der Waals surface area contributed by atoms with Crippen molar-refractivity contribution in [2.24, 2.45) is 0 Å². The van der Waals surface area contributed by atoms with Crippen molar-refractivity contribution in [1.82, 2.24) is 4.98 Å². The van der Waals surface area contributed by atoms with Crippen LogP contribution in [0.15, 0.2) is 47.3 Å². The molecule has 0 unspecified atom stereocenters. The first-order valence-corrected chi connectivity index (χ1v) is 6.15. The summed E-state index contributed by atoms with van der Waals surface area (Å²) >= 11 is 0. The lowest BCUT2D eigenvalue weighted by molar-refractivity contribution is 0.591. The highest BCUT2D eigenvalue weighted by Gasteiger charge is 2.14. The van der Waals surface area contributed by atoms with Gasteiger partial charge in [0.2, 0.25) is 0 Å². The second-order valence-electron chi connectivity index (χ2n) is 4.63. The number of nitrogens with one attached hydrogen (secondary N) is 1. The quantitative estimate of drug-likeness (QED) is 0.717. The van der Waals surface area contributed by atoms with Gasteiger partial charge in [-0.2, -0.15) is 0 Å². The molecule has 0 saturated carbocycles. The van der Waals surface area contributed by atoms with Gasteiger partial charge in [0.1, 0.15) is 11.6 Å². The van der Waals surface area contributed by atoms with Crippen LogP contribution in [0.2, 0.25) is 0 Å². The van der Waals surface area contributed by atoms with Crippen molar-refractivity contribution in [2.45, 2.75) is 6.92 Å². The number of hydrogen-bond donors (Lipinski definition) is 1. The molecule has 0 saturated heterocycles. The Hall–Kier alpha value is -2.49. The smallest absolute Gasteiger partial charge is 0.195 e. The molecule has 3 rings (SSSR count). The second-order valence-corrected chi connectivity index (χ2v) is 4.63. The fourth-order valence-corrected chi connectivity index (χ4v) is 2.33. The van der Waals surface area contributed by atoms with E-state index in [4.69, 9.17) is 0 Å². The molecule has 0 radical (unpaired) electrons. The fourth-order valence-electron chi connectivity index (χ4n) is 2.33. The third-order valence-corrected chi connectivity index (χ3v) is 3.32. The topological polar surface area (TPSA) is 32.9 Å². The molecular weight excluding hydrogens is 260 g/mol. The number of pyridine rings is 1. The lowest BCUT2D eigenvalue weighted by Gasteiger charge is -2.09. The maximum absolute atomic E-state index is 13.8. The summed E-state index contributed by atoms with van der Waals surface area (Å²) in [6.07, 6.45) is 0. The van der Waals surface area contributed by atoms with Crippen LogP contribution in [0.4, 0.5) is 8.78 Å². The SMILES string of the molecule is Cc1c(-c2ccccc2)[nH]c2cc(F)cc(F)c2c1=O. The monoisotopic (exact) mass is 271 g/mol. The third-order valence-electron chi connectivity index (χ3n) is 3.32. The van der Waals surface area contributed by atoms with Crippen molar-refractivity contribution in [1.29, 1.82) is 0 Å². The summed E-state index contributed by atoms with van der Waals surface area (Å²) in [7, 11) is 0. The minimum atomic E-state index is -0.844. The zero-order valence-corrected chi connectivity index (χ0v) is 10.7. The summed E-state index contributed by atoms with van der Waals surface area (Å²) in [6, 6.07) is 11.1. The first-order valence-electron chi connectivity index (χ1n) is 6.15. The van der Waals surface area contributed by atoms with Gasteiger partial charge in [0.15, 0.2) is 5.43 Å². The van der Waals surface area contributed by atoms with Gasteiger partial charge in [-0.1, -0.05) is 30.3 Å². The van der Waals surface area contributed by atoms with Gasteiger partial charge < -0.3 is 4.98 Å². The van der Waals surface area contributed by atoms with Crippen LogP contribution in [0.3, 0.4) is 0 Å². The number of rotatable bonds is 1. The van der Waals surface area contributed by atoms with Crippen LogP contribution in [0.1, 0.15) is 5.56 Å². The molecule has 0 aliphatic rings. The number of H-pyrrole nitrogens is 1. The fraction of sp³-hybridized carbons (Fsp3) is 0.0625. The van der Waals surface area contributed by atoms with E-state index in [1.54, 1.807) is 6.92 Å². The molecule has 20 heavy (non-hydrogen) atoms. The maximum atomic E-state index is 13.8. The van der Waals surface area contributed by atoms with Gasteiger partial charge in [0, 0.05) is 11.6 Å². The summed E-state index contributed by atoms with van der Waals surface area (Å²) in [5.74, 6) is -1.56. The molecule has 2 nitrogen and oxygen atoms in total. The van der Waals surface area contributed by atoms with Crippen molar-refractivity contribution in [3.8, 4) is 11.3 Å². The normalized spacial score (nSPS) is 10.9. The zero-order chi connectivity index (χ0) is 14.3. The van der Waals surface area contributed by atoms with Crippen LogP contribution in [-0.2, 0) is 0 Å². The number of hydrogen-bond acceptors (Lipinski definition) is 1. The van der Waals surface area contributed by atoms with Crippen LogP contribution in [0.5, 0.6) is 0 Å². The van der Waals surface area contributed by atoms with Gasteiger partial charge in [0.05, 0.1) is 16.6 Å². The Morgan fingerprint density at radius 3 is 2.45 bits per heavy atom. The van der Waals surface area contributed by atoms with Gasteiger partial charge >= 0.3 is 0 Å². The average molecular weight is 271 g/mol. The molecule has 4 heteroatoms. The van der Waals surface area contributed by atoms with Gasteiger partial charge in [-0.05, 0) is 18.6 Å². The van der Waals surface area contributed by atoms with E-state index < -0.39 is 17.1 Å². The van der Waals surface area contributed by atoms with Crippen LogP contribution >= 0.6 is 0 Å². The Balaban J connectivity index is 2.42. The van der Waals surface area contributed by atoms with Crippen molar-refractivity contribution in [3.63, 3.8) is 0 Å². The third kappa shape index (κ3) is 1.90. The molecule has 0 aliphatic carbocycles. The van der Waals surface area contributed by atoms with E-state index in [1.807, 2.05) is 30.3 Å². The minimum Gasteiger partial charge on any atom is -0.354 e. The Morgan fingerprint density at radius 1 is 1.05 bits per heavy atom. The Morgan fingerprint density at radius 2 is 1.75 bits per heavy atom. The standard InChI is InChI=1S/C16H11F2NO/c1-9-15(10-5-3-2-4-6-10)19-13-8-11(17)7-12(18)14(13)16(9)20/h2-8H,1H3,(H,19,20). The van der Waals surface area contributed by atoms with E-state index in [-0.39, 0.29) is 10.9 Å². The Kier molecular flexibility index (Phi) is 2.86. The Labute approximate surface area is 113 Å². The molecular formula is C16H11F2NO. The molecule has 0 spiro atoms. The highest BCUT2D eigenvalue weighted by Crippen LogP contribution is 2.23. The van der Waals surface area contributed by atoms with Crippen molar-refractivity contribution in [2.75, 3.05) is 0 Å². The summed E-state index contributed by atoms with van der Waals surface area (Å²) in [4.78, 5) is 15.2. The number of halogens is 2. The first-order chi connectivity index (χ1) is 9.58. The van der Waals surface area contributed by atoms with Crippen molar-refractivity contribution >= 4 is 10.9 Å².